The van der Waals surface area contributed by atoms with Gasteiger partial charge in [0.2, 0.25) is 11.9 Å². The van der Waals surface area contributed by atoms with Crippen molar-refractivity contribution in [2.45, 2.75) is 65.2 Å². The lowest BCUT2D eigenvalue weighted by Crippen LogP contribution is -2.34. The second kappa shape index (κ2) is 12.7. The van der Waals surface area contributed by atoms with E-state index in [2.05, 4.69) is 64.0 Å². The first kappa shape index (κ1) is 25.2. The molecule has 1 aliphatic carbocycles. The number of aryl methyl sites for hydroxylation is 1. The number of hydrogen-bond donors (Lipinski definition) is 0. The van der Waals surface area contributed by atoms with E-state index >= 15 is 0 Å². The molecule has 0 radical (unpaired) electrons. The highest BCUT2D eigenvalue weighted by molar-refractivity contribution is 5.81. The van der Waals surface area contributed by atoms with Crippen molar-refractivity contribution in [1.82, 2.24) is 14.9 Å². The molecule has 1 aromatic heterocycles. The second-order valence-corrected chi connectivity index (χ2v) is 9.64. The van der Waals surface area contributed by atoms with E-state index in [4.69, 9.17) is 4.74 Å². The minimum atomic E-state index is 0.172. The molecule has 1 saturated heterocycles. The van der Waals surface area contributed by atoms with Crippen molar-refractivity contribution in [3.05, 3.63) is 53.9 Å². The number of likely N-dealkylation sites (tertiary alicyclic amines) is 1. The van der Waals surface area contributed by atoms with Crippen LogP contribution < -0.4 is 9.64 Å². The van der Waals surface area contributed by atoms with Crippen molar-refractivity contribution in [3.63, 3.8) is 0 Å². The summed E-state index contributed by atoms with van der Waals surface area (Å²) >= 11 is 0. The van der Waals surface area contributed by atoms with Gasteiger partial charge in [-0.3, -0.25) is 4.79 Å². The highest BCUT2D eigenvalue weighted by atomic mass is 16.5. The third-order valence-electron chi connectivity index (χ3n) is 7.26. The highest BCUT2D eigenvalue weighted by Crippen LogP contribution is 2.32. The summed E-state index contributed by atoms with van der Waals surface area (Å²) in [5, 5.41) is 0. The van der Waals surface area contributed by atoms with Gasteiger partial charge in [0.15, 0.2) is 0 Å². The molecule has 2 aromatic rings. The number of hydrogen-bond acceptors (Lipinski definition) is 5. The van der Waals surface area contributed by atoms with Crippen molar-refractivity contribution in [1.29, 1.82) is 0 Å². The van der Waals surface area contributed by atoms with E-state index < -0.39 is 0 Å². The summed E-state index contributed by atoms with van der Waals surface area (Å²) in [5.41, 5.74) is 3.77. The quantitative estimate of drug-likeness (QED) is 0.399. The average molecular weight is 477 g/mol. The first-order valence-corrected chi connectivity index (χ1v) is 13.4. The van der Waals surface area contributed by atoms with E-state index in [1.165, 1.54) is 16.7 Å². The van der Waals surface area contributed by atoms with Gasteiger partial charge in [-0.25, -0.2) is 9.97 Å². The number of ether oxygens (including phenoxy) is 1. The first-order valence-electron chi connectivity index (χ1n) is 13.4. The molecule has 0 N–H and O–H groups in total. The Morgan fingerprint density at radius 2 is 1.83 bits per heavy atom. The lowest BCUT2D eigenvalue weighted by atomic mass is 9.86. The lowest BCUT2D eigenvalue weighted by Gasteiger charge is -2.26. The van der Waals surface area contributed by atoms with Gasteiger partial charge in [0.1, 0.15) is 5.75 Å². The molecular formula is C29H40N4O2. The summed E-state index contributed by atoms with van der Waals surface area (Å²) in [6.07, 6.45) is 14.2. The zero-order chi connectivity index (χ0) is 24.5. The van der Waals surface area contributed by atoms with Gasteiger partial charge in [0.25, 0.3) is 0 Å². The highest BCUT2D eigenvalue weighted by Gasteiger charge is 2.27. The number of benzene rings is 1. The standard InChI is InChI=1S/C29H40N4O2/c1-3-23-21-30-29(31-22-23)32(4-2)17-7-8-20-35-27-15-13-25(14-16-27)24-9-11-26(12-10-24)28(34)33-18-5-6-19-33/h9,13-16,21-22,26H,3-8,10-12,17-20H2,1-2H3. The molecule has 1 aliphatic heterocycles. The molecule has 4 rings (SSSR count). The number of amides is 1. The van der Waals surface area contributed by atoms with Crippen molar-refractivity contribution in [2.24, 2.45) is 5.92 Å². The fraction of sp³-hybridized carbons (Fsp3) is 0.552. The number of carbonyl (C=O) groups excluding carboxylic acids is 1. The van der Waals surface area contributed by atoms with Crippen LogP contribution in [0.25, 0.3) is 5.57 Å². The maximum Gasteiger partial charge on any atom is 0.226 e. The molecule has 1 fully saturated rings. The Balaban J connectivity index is 1.18. The number of nitrogens with zero attached hydrogens (tertiary/aromatic N) is 4. The van der Waals surface area contributed by atoms with E-state index in [1.807, 2.05) is 12.4 Å². The number of unbranched alkanes of at least 4 members (excludes halogenated alkanes) is 1. The molecule has 1 amide bonds. The van der Waals surface area contributed by atoms with Gasteiger partial charge in [-0.2, -0.15) is 0 Å². The molecule has 1 unspecified atom stereocenters. The van der Waals surface area contributed by atoms with Crippen molar-refractivity contribution < 1.29 is 9.53 Å². The Hall–Kier alpha value is -2.89. The normalized spacial score (nSPS) is 17.8. The van der Waals surface area contributed by atoms with E-state index in [0.717, 1.165) is 89.2 Å². The minimum absolute atomic E-state index is 0.172. The molecule has 35 heavy (non-hydrogen) atoms. The zero-order valence-corrected chi connectivity index (χ0v) is 21.4. The maximum absolute atomic E-state index is 12.7. The summed E-state index contributed by atoms with van der Waals surface area (Å²) in [5.74, 6) is 2.26. The van der Waals surface area contributed by atoms with Crippen LogP contribution in [0.3, 0.4) is 0 Å². The molecule has 0 saturated carbocycles. The molecule has 0 spiro atoms. The molecule has 2 heterocycles. The van der Waals surface area contributed by atoms with E-state index in [1.54, 1.807) is 0 Å². The fourth-order valence-corrected chi connectivity index (χ4v) is 4.97. The number of rotatable bonds is 11. The maximum atomic E-state index is 12.7. The Kier molecular flexibility index (Phi) is 9.15. The smallest absolute Gasteiger partial charge is 0.226 e. The number of anilines is 1. The van der Waals surface area contributed by atoms with E-state index in [0.29, 0.717) is 12.5 Å². The van der Waals surface area contributed by atoms with Crippen LogP contribution in [-0.2, 0) is 11.2 Å². The third kappa shape index (κ3) is 6.83. The van der Waals surface area contributed by atoms with Gasteiger partial charge in [-0.05, 0) is 87.1 Å². The van der Waals surface area contributed by atoms with Crippen LogP contribution in [0, 0.1) is 5.92 Å². The van der Waals surface area contributed by atoms with Crippen molar-refractivity contribution in [2.75, 3.05) is 37.7 Å². The van der Waals surface area contributed by atoms with Gasteiger partial charge in [0.05, 0.1) is 6.61 Å². The van der Waals surface area contributed by atoms with E-state index in [9.17, 15) is 4.79 Å². The lowest BCUT2D eigenvalue weighted by molar-refractivity contribution is -0.134. The summed E-state index contributed by atoms with van der Waals surface area (Å²) in [4.78, 5) is 25.9. The van der Waals surface area contributed by atoms with Crippen molar-refractivity contribution >= 4 is 17.4 Å². The first-order chi connectivity index (χ1) is 17.2. The Labute approximate surface area is 210 Å². The Morgan fingerprint density at radius 1 is 1.09 bits per heavy atom. The largest absolute Gasteiger partial charge is 0.494 e. The van der Waals surface area contributed by atoms with Crippen LogP contribution in [-0.4, -0.2) is 53.6 Å². The summed E-state index contributed by atoms with van der Waals surface area (Å²) in [6, 6.07) is 8.44. The van der Waals surface area contributed by atoms with Gasteiger partial charge in [0, 0.05) is 44.5 Å². The summed E-state index contributed by atoms with van der Waals surface area (Å²) < 4.78 is 5.99. The molecule has 6 heteroatoms. The number of aromatic nitrogens is 2. The zero-order valence-electron chi connectivity index (χ0n) is 21.4. The van der Waals surface area contributed by atoms with Gasteiger partial charge < -0.3 is 14.5 Å². The van der Waals surface area contributed by atoms with Crippen LogP contribution in [0.1, 0.15) is 69.9 Å². The predicted molar refractivity (Wildman–Crippen MR) is 142 cm³/mol. The van der Waals surface area contributed by atoms with E-state index in [-0.39, 0.29) is 5.92 Å². The second-order valence-electron chi connectivity index (χ2n) is 9.64. The predicted octanol–water partition coefficient (Wildman–Crippen LogP) is 5.53. The molecule has 2 aliphatic rings. The average Bonchev–Trinajstić information content (AvgIpc) is 3.46. The third-order valence-corrected chi connectivity index (χ3v) is 7.26. The summed E-state index contributed by atoms with van der Waals surface area (Å²) in [6.45, 7) is 8.69. The van der Waals surface area contributed by atoms with Gasteiger partial charge >= 0.3 is 0 Å². The van der Waals surface area contributed by atoms with Crippen molar-refractivity contribution in [3.8, 4) is 5.75 Å². The molecule has 6 nitrogen and oxygen atoms in total. The monoisotopic (exact) mass is 476 g/mol. The minimum Gasteiger partial charge on any atom is -0.494 e. The van der Waals surface area contributed by atoms with Crippen LogP contribution in [0.2, 0.25) is 0 Å². The summed E-state index contributed by atoms with van der Waals surface area (Å²) in [7, 11) is 0. The Bertz CT molecular complexity index is 965. The topological polar surface area (TPSA) is 58.6 Å². The number of allylic oxidation sites excluding steroid dienone is 2. The van der Waals surface area contributed by atoms with Gasteiger partial charge in [-0.1, -0.05) is 25.1 Å². The van der Waals surface area contributed by atoms with Crippen LogP contribution in [0.15, 0.2) is 42.7 Å². The molecule has 1 atom stereocenters. The SMILES string of the molecule is CCc1cnc(N(CC)CCCCOc2ccc(C3=CCC(C(=O)N4CCCC4)CC3)cc2)nc1. The number of carbonyl (C=O) groups is 1. The molecule has 0 bridgehead atoms. The van der Waals surface area contributed by atoms with Crippen LogP contribution in [0.5, 0.6) is 5.75 Å². The fourth-order valence-electron chi connectivity index (χ4n) is 4.97. The molecular weight excluding hydrogens is 436 g/mol. The molecule has 188 valence electrons. The van der Waals surface area contributed by atoms with Crippen LogP contribution >= 0.6 is 0 Å². The Morgan fingerprint density at radius 3 is 2.46 bits per heavy atom. The van der Waals surface area contributed by atoms with Crippen LogP contribution in [0.4, 0.5) is 5.95 Å². The molecule has 1 aromatic carbocycles. The van der Waals surface area contributed by atoms with Gasteiger partial charge in [-0.15, -0.1) is 0 Å².